The Balaban J connectivity index is 2.06. The standard InChI is InChI=1S/C17H31N3O/c1-3-5-7-9-14-15(10-8-6-4-2)20-21-17(14)16-13-18-11-12-19-16/h16,18-19H,3-13H2,1-2H3. The molecule has 120 valence electrons. The minimum absolute atomic E-state index is 0.294. The van der Waals surface area contributed by atoms with Crippen molar-refractivity contribution in [2.45, 2.75) is 71.3 Å². The fraction of sp³-hybridized carbons (Fsp3) is 0.824. The number of hydrogen-bond donors (Lipinski definition) is 2. The van der Waals surface area contributed by atoms with Crippen molar-refractivity contribution in [2.75, 3.05) is 19.6 Å². The van der Waals surface area contributed by atoms with Gasteiger partial charge >= 0.3 is 0 Å². The van der Waals surface area contributed by atoms with Crippen molar-refractivity contribution in [2.24, 2.45) is 0 Å². The van der Waals surface area contributed by atoms with Crippen molar-refractivity contribution < 1.29 is 4.52 Å². The molecule has 0 amide bonds. The van der Waals surface area contributed by atoms with Crippen LogP contribution in [0.15, 0.2) is 4.52 Å². The second kappa shape index (κ2) is 9.21. The highest BCUT2D eigenvalue weighted by molar-refractivity contribution is 5.26. The average molecular weight is 293 g/mol. The maximum atomic E-state index is 5.74. The van der Waals surface area contributed by atoms with E-state index in [0.717, 1.165) is 38.2 Å². The summed E-state index contributed by atoms with van der Waals surface area (Å²) >= 11 is 0. The molecule has 1 aliphatic rings. The van der Waals surface area contributed by atoms with Crippen LogP contribution in [0.3, 0.4) is 0 Å². The third-order valence-electron chi connectivity index (χ3n) is 4.30. The Labute approximate surface area is 129 Å². The topological polar surface area (TPSA) is 50.1 Å². The lowest BCUT2D eigenvalue weighted by Gasteiger charge is -2.23. The Morgan fingerprint density at radius 2 is 1.81 bits per heavy atom. The second-order valence-corrected chi connectivity index (χ2v) is 6.10. The highest BCUT2D eigenvalue weighted by atomic mass is 16.5. The smallest absolute Gasteiger partial charge is 0.158 e. The van der Waals surface area contributed by atoms with Crippen LogP contribution in [-0.4, -0.2) is 24.8 Å². The summed E-state index contributed by atoms with van der Waals surface area (Å²) in [5.74, 6) is 1.09. The van der Waals surface area contributed by atoms with E-state index in [-0.39, 0.29) is 0 Å². The van der Waals surface area contributed by atoms with E-state index in [2.05, 4.69) is 29.6 Å². The van der Waals surface area contributed by atoms with Crippen LogP contribution in [0, 0.1) is 0 Å². The summed E-state index contributed by atoms with van der Waals surface area (Å²) in [5, 5.41) is 11.4. The number of nitrogens with one attached hydrogen (secondary N) is 2. The summed E-state index contributed by atoms with van der Waals surface area (Å²) in [5.41, 5.74) is 2.60. The molecular formula is C17H31N3O. The Bertz CT molecular complexity index is 397. The molecule has 1 fully saturated rings. The molecule has 1 aliphatic heterocycles. The highest BCUT2D eigenvalue weighted by Gasteiger charge is 2.24. The second-order valence-electron chi connectivity index (χ2n) is 6.10. The van der Waals surface area contributed by atoms with E-state index in [1.807, 2.05) is 0 Å². The molecule has 0 aromatic carbocycles. The first-order chi connectivity index (χ1) is 10.4. The van der Waals surface area contributed by atoms with Crippen molar-refractivity contribution in [3.05, 3.63) is 17.0 Å². The van der Waals surface area contributed by atoms with Crippen molar-refractivity contribution in [1.82, 2.24) is 15.8 Å². The van der Waals surface area contributed by atoms with Gasteiger partial charge in [-0.1, -0.05) is 44.7 Å². The lowest BCUT2D eigenvalue weighted by Crippen LogP contribution is -2.42. The highest BCUT2D eigenvalue weighted by Crippen LogP contribution is 2.25. The van der Waals surface area contributed by atoms with Crippen LogP contribution in [0.4, 0.5) is 0 Å². The molecule has 0 saturated carbocycles. The first kappa shape index (κ1) is 16.5. The van der Waals surface area contributed by atoms with E-state index in [0.29, 0.717) is 6.04 Å². The summed E-state index contributed by atoms with van der Waals surface area (Å²) in [6.45, 7) is 7.49. The lowest BCUT2D eigenvalue weighted by molar-refractivity contribution is 0.309. The summed E-state index contributed by atoms with van der Waals surface area (Å²) in [6.07, 6.45) is 9.73. The quantitative estimate of drug-likeness (QED) is 0.685. The Morgan fingerprint density at radius 1 is 1.05 bits per heavy atom. The Kier molecular flexibility index (Phi) is 7.24. The number of aromatic nitrogens is 1. The van der Waals surface area contributed by atoms with E-state index < -0.39 is 0 Å². The predicted octanol–water partition coefficient (Wildman–Crippen LogP) is 3.37. The van der Waals surface area contributed by atoms with Gasteiger partial charge in [-0.3, -0.25) is 0 Å². The van der Waals surface area contributed by atoms with Gasteiger partial charge < -0.3 is 15.2 Å². The van der Waals surface area contributed by atoms with Crippen molar-refractivity contribution in [3.63, 3.8) is 0 Å². The third kappa shape index (κ3) is 4.82. The summed E-state index contributed by atoms with van der Waals surface area (Å²) in [4.78, 5) is 0. The number of piperazine rings is 1. The number of nitrogens with zero attached hydrogens (tertiary/aromatic N) is 1. The molecule has 1 aromatic rings. The average Bonchev–Trinajstić information content (AvgIpc) is 2.92. The molecule has 21 heavy (non-hydrogen) atoms. The van der Waals surface area contributed by atoms with Crippen LogP contribution < -0.4 is 10.6 Å². The minimum atomic E-state index is 0.294. The largest absolute Gasteiger partial charge is 0.359 e. The van der Waals surface area contributed by atoms with Crippen LogP contribution in [0.5, 0.6) is 0 Å². The Hall–Kier alpha value is -0.870. The summed E-state index contributed by atoms with van der Waals surface area (Å²) in [6, 6.07) is 0.294. The van der Waals surface area contributed by atoms with Gasteiger partial charge in [-0.2, -0.15) is 0 Å². The first-order valence-corrected chi connectivity index (χ1v) is 8.78. The molecule has 2 heterocycles. The van der Waals surface area contributed by atoms with Gasteiger partial charge in [0, 0.05) is 25.2 Å². The van der Waals surface area contributed by atoms with Crippen LogP contribution in [-0.2, 0) is 12.8 Å². The fourth-order valence-electron chi connectivity index (χ4n) is 3.03. The number of hydrogen-bond acceptors (Lipinski definition) is 4. The first-order valence-electron chi connectivity index (χ1n) is 8.78. The molecule has 1 atom stereocenters. The monoisotopic (exact) mass is 293 g/mol. The van der Waals surface area contributed by atoms with Crippen LogP contribution in [0.25, 0.3) is 0 Å². The van der Waals surface area contributed by atoms with E-state index >= 15 is 0 Å². The molecular weight excluding hydrogens is 262 g/mol. The SMILES string of the molecule is CCCCCc1noc(C2CNCCN2)c1CCCCC. The molecule has 1 saturated heterocycles. The zero-order chi connectivity index (χ0) is 14.9. The van der Waals surface area contributed by atoms with E-state index in [1.54, 1.807) is 0 Å². The van der Waals surface area contributed by atoms with Gasteiger partial charge in [0.05, 0.1) is 11.7 Å². The predicted molar refractivity (Wildman–Crippen MR) is 86.6 cm³/mol. The zero-order valence-corrected chi connectivity index (χ0v) is 13.7. The maximum Gasteiger partial charge on any atom is 0.158 e. The molecule has 2 N–H and O–H groups in total. The van der Waals surface area contributed by atoms with E-state index in [1.165, 1.54) is 49.8 Å². The molecule has 0 radical (unpaired) electrons. The molecule has 1 unspecified atom stereocenters. The number of aryl methyl sites for hydroxylation is 1. The molecule has 0 aliphatic carbocycles. The van der Waals surface area contributed by atoms with Gasteiger partial charge in [0.25, 0.3) is 0 Å². The molecule has 2 rings (SSSR count). The van der Waals surface area contributed by atoms with Gasteiger partial charge in [0.2, 0.25) is 0 Å². The lowest BCUT2D eigenvalue weighted by atomic mass is 9.98. The summed E-state index contributed by atoms with van der Waals surface area (Å²) in [7, 11) is 0. The fourth-order valence-corrected chi connectivity index (χ4v) is 3.03. The van der Waals surface area contributed by atoms with Crippen molar-refractivity contribution >= 4 is 0 Å². The van der Waals surface area contributed by atoms with Crippen LogP contribution in [0.1, 0.15) is 75.4 Å². The van der Waals surface area contributed by atoms with Gasteiger partial charge in [-0.15, -0.1) is 0 Å². The van der Waals surface area contributed by atoms with Gasteiger partial charge in [-0.05, 0) is 25.7 Å². The molecule has 4 heteroatoms. The van der Waals surface area contributed by atoms with E-state index in [4.69, 9.17) is 4.52 Å². The van der Waals surface area contributed by atoms with Gasteiger partial charge in [-0.25, -0.2) is 0 Å². The number of rotatable bonds is 9. The van der Waals surface area contributed by atoms with Crippen LogP contribution in [0.2, 0.25) is 0 Å². The number of unbranched alkanes of at least 4 members (excludes halogenated alkanes) is 4. The molecule has 0 spiro atoms. The van der Waals surface area contributed by atoms with Crippen molar-refractivity contribution in [3.8, 4) is 0 Å². The third-order valence-corrected chi connectivity index (χ3v) is 4.30. The van der Waals surface area contributed by atoms with Crippen molar-refractivity contribution in [1.29, 1.82) is 0 Å². The minimum Gasteiger partial charge on any atom is -0.359 e. The molecule has 1 aromatic heterocycles. The molecule has 0 bridgehead atoms. The van der Waals surface area contributed by atoms with Crippen LogP contribution >= 0.6 is 0 Å². The van der Waals surface area contributed by atoms with Gasteiger partial charge in [0.1, 0.15) is 0 Å². The van der Waals surface area contributed by atoms with Gasteiger partial charge in [0.15, 0.2) is 5.76 Å². The Morgan fingerprint density at radius 3 is 2.48 bits per heavy atom. The normalized spacial score (nSPS) is 19.0. The summed E-state index contributed by atoms with van der Waals surface area (Å²) < 4.78 is 5.74. The van der Waals surface area contributed by atoms with E-state index in [9.17, 15) is 0 Å². The maximum absolute atomic E-state index is 5.74. The zero-order valence-electron chi connectivity index (χ0n) is 13.7. The molecule has 4 nitrogen and oxygen atoms in total.